The number of hydrogen-bond donors (Lipinski definition) is 4. The summed E-state index contributed by atoms with van der Waals surface area (Å²) in [7, 11) is 0. The molecule has 2 amide bonds. The van der Waals surface area contributed by atoms with Crippen LogP contribution in [0.2, 0.25) is 0 Å². The highest BCUT2D eigenvalue weighted by Gasteiger charge is 2.30. The van der Waals surface area contributed by atoms with Gasteiger partial charge in [-0.25, -0.2) is 9.97 Å². The summed E-state index contributed by atoms with van der Waals surface area (Å²) in [5.41, 5.74) is 10.5. The molecule has 0 spiro atoms. The zero-order chi connectivity index (χ0) is 30.8. The Morgan fingerprint density at radius 3 is 2.80 bits per heavy atom. The van der Waals surface area contributed by atoms with Crippen LogP contribution in [-0.4, -0.2) is 50.5 Å². The predicted molar refractivity (Wildman–Crippen MR) is 170 cm³/mol. The number of nitrogens with one attached hydrogen (secondary N) is 3. The SMILES string of the molecule is CC(C)(C)c1cc(NC(=O)Cc2ccc(-c3nc4n5c(cnc(N)c35)/C=C/CCNCC(=O)N[C@@H]3CCC[C@@H]4C3)cc2)no1. The van der Waals surface area contributed by atoms with E-state index in [9.17, 15) is 9.59 Å². The third-order valence-electron chi connectivity index (χ3n) is 8.32. The molecule has 2 atom stereocenters. The van der Waals surface area contributed by atoms with Crippen LogP contribution >= 0.6 is 0 Å². The molecule has 1 saturated carbocycles. The van der Waals surface area contributed by atoms with Gasteiger partial charge in [-0.3, -0.25) is 14.0 Å². The number of benzene rings is 1. The molecule has 0 unspecified atom stereocenters. The number of fused-ring (bicyclic) bond motifs is 3. The Kier molecular flexibility index (Phi) is 8.22. The highest BCUT2D eigenvalue weighted by atomic mass is 16.5. The summed E-state index contributed by atoms with van der Waals surface area (Å²) in [5, 5.41) is 13.3. The van der Waals surface area contributed by atoms with E-state index >= 15 is 0 Å². The van der Waals surface area contributed by atoms with E-state index in [-0.39, 0.29) is 35.6 Å². The number of carbonyl (C=O) groups is 2. The van der Waals surface area contributed by atoms with Gasteiger partial charge in [0.25, 0.3) is 0 Å². The summed E-state index contributed by atoms with van der Waals surface area (Å²) in [6.07, 6.45) is 10.7. The molecule has 11 nitrogen and oxygen atoms in total. The van der Waals surface area contributed by atoms with E-state index in [0.717, 1.165) is 66.0 Å². The van der Waals surface area contributed by atoms with Crippen molar-refractivity contribution in [2.45, 2.75) is 76.7 Å². The third-order valence-corrected chi connectivity index (χ3v) is 8.32. The van der Waals surface area contributed by atoms with Gasteiger partial charge in [0.15, 0.2) is 5.82 Å². The number of nitrogens with two attached hydrogens (primary N) is 1. The van der Waals surface area contributed by atoms with Gasteiger partial charge in [0, 0.05) is 29.0 Å². The quantitative estimate of drug-likeness (QED) is 0.267. The van der Waals surface area contributed by atoms with E-state index in [1.807, 2.05) is 45.0 Å². The predicted octanol–water partition coefficient (Wildman–Crippen LogP) is 4.59. The Balaban J connectivity index is 1.30. The fourth-order valence-corrected chi connectivity index (χ4v) is 6.05. The Morgan fingerprint density at radius 1 is 1.20 bits per heavy atom. The minimum absolute atomic E-state index is 0.0314. The van der Waals surface area contributed by atoms with Crippen LogP contribution in [0.25, 0.3) is 22.9 Å². The lowest BCUT2D eigenvalue weighted by Gasteiger charge is -2.29. The minimum Gasteiger partial charge on any atom is -0.382 e. The maximum absolute atomic E-state index is 12.8. The van der Waals surface area contributed by atoms with E-state index in [4.69, 9.17) is 15.2 Å². The maximum Gasteiger partial charge on any atom is 0.234 e. The number of amides is 2. The summed E-state index contributed by atoms with van der Waals surface area (Å²) in [6, 6.07) is 9.68. The van der Waals surface area contributed by atoms with Gasteiger partial charge in [0.2, 0.25) is 11.8 Å². The third kappa shape index (κ3) is 6.37. The Bertz CT molecular complexity index is 1700. The normalized spacial score (nSPS) is 20.1. The number of rotatable bonds is 4. The fourth-order valence-electron chi connectivity index (χ4n) is 6.05. The minimum atomic E-state index is -0.196. The zero-order valence-corrected chi connectivity index (χ0v) is 25.5. The molecule has 1 fully saturated rings. The van der Waals surface area contributed by atoms with Crippen molar-refractivity contribution in [2.24, 2.45) is 0 Å². The van der Waals surface area contributed by atoms with Crippen molar-refractivity contribution >= 4 is 35.0 Å². The molecular formula is C33H40N8O3. The van der Waals surface area contributed by atoms with Crippen molar-refractivity contribution in [3.8, 4) is 11.3 Å². The van der Waals surface area contributed by atoms with Crippen molar-refractivity contribution in [3.63, 3.8) is 0 Å². The summed E-state index contributed by atoms with van der Waals surface area (Å²) >= 11 is 0. The molecule has 6 rings (SSSR count). The van der Waals surface area contributed by atoms with E-state index in [2.05, 4.69) is 42.6 Å². The lowest BCUT2D eigenvalue weighted by Crippen LogP contribution is -2.42. The first-order valence-electron chi connectivity index (χ1n) is 15.4. The van der Waals surface area contributed by atoms with Crippen molar-refractivity contribution in [3.05, 3.63) is 65.4 Å². The average Bonchev–Trinajstić information content (AvgIpc) is 3.62. The topological polar surface area (TPSA) is 152 Å². The van der Waals surface area contributed by atoms with Gasteiger partial charge in [0.05, 0.1) is 24.9 Å². The number of anilines is 2. The first kappa shape index (κ1) is 29.6. The number of carbonyl (C=O) groups excluding carboxylic acids is 2. The van der Waals surface area contributed by atoms with E-state index in [1.54, 1.807) is 12.3 Å². The van der Waals surface area contributed by atoms with E-state index in [0.29, 0.717) is 30.5 Å². The highest BCUT2D eigenvalue weighted by molar-refractivity contribution is 5.92. The summed E-state index contributed by atoms with van der Waals surface area (Å²) in [4.78, 5) is 35.1. The van der Waals surface area contributed by atoms with Crippen molar-refractivity contribution in [2.75, 3.05) is 24.1 Å². The van der Waals surface area contributed by atoms with Gasteiger partial charge in [0.1, 0.15) is 28.6 Å². The monoisotopic (exact) mass is 596 g/mol. The maximum atomic E-state index is 12.8. The molecular weight excluding hydrogens is 556 g/mol. The number of hydrogen-bond acceptors (Lipinski definition) is 8. The molecule has 44 heavy (non-hydrogen) atoms. The Morgan fingerprint density at radius 2 is 2.02 bits per heavy atom. The molecule has 2 bridgehead atoms. The lowest BCUT2D eigenvalue weighted by molar-refractivity contribution is -0.121. The molecule has 0 saturated heterocycles. The molecule has 4 aromatic rings. The van der Waals surface area contributed by atoms with Gasteiger partial charge in [-0.2, -0.15) is 0 Å². The van der Waals surface area contributed by atoms with Gasteiger partial charge < -0.3 is 26.2 Å². The molecule has 3 aromatic heterocycles. The molecule has 4 heterocycles. The second kappa shape index (κ2) is 12.2. The van der Waals surface area contributed by atoms with E-state index in [1.165, 1.54) is 0 Å². The van der Waals surface area contributed by atoms with Gasteiger partial charge in [-0.05, 0) is 43.9 Å². The van der Waals surface area contributed by atoms with Crippen LogP contribution in [0.5, 0.6) is 0 Å². The van der Waals surface area contributed by atoms with Gasteiger partial charge >= 0.3 is 0 Å². The first-order valence-corrected chi connectivity index (χ1v) is 15.4. The molecule has 1 aliphatic heterocycles. The highest BCUT2D eigenvalue weighted by Crippen LogP contribution is 2.38. The van der Waals surface area contributed by atoms with Crippen LogP contribution < -0.4 is 21.7 Å². The smallest absolute Gasteiger partial charge is 0.234 e. The average molecular weight is 597 g/mol. The van der Waals surface area contributed by atoms with Gasteiger partial charge in [-0.15, -0.1) is 0 Å². The standard InChI is InChI=1S/C33H40N8O3/c1-33(2,3)25-17-26(40-44-25)38-27(42)15-20-10-12-21(13-11-20)29-30-31(34)36-18-24-9-4-5-14-35-19-28(43)37-23-8-6-7-22(16-23)32(39-29)41(24)30/h4,9-13,17-18,22-23,35H,5-8,14-16,19H2,1-3H3,(H2,34,36)(H,37,43)(H,38,40,42)/b9-4+/t22-,23-/m1/s1. The van der Waals surface area contributed by atoms with Crippen LogP contribution in [0.3, 0.4) is 0 Å². The summed E-state index contributed by atoms with van der Waals surface area (Å²) < 4.78 is 7.53. The summed E-state index contributed by atoms with van der Waals surface area (Å²) in [5.74, 6) is 2.46. The largest absolute Gasteiger partial charge is 0.382 e. The molecule has 1 aliphatic carbocycles. The molecule has 1 aromatic carbocycles. The molecule has 230 valence electrons. The van der Waals surface area contributed by atoms with Crippen LogP contribution in [-0.2, 0) is 21.4 Å². The number of imidazole rings is 1. The summed E-state index contributed by atoms with van der Waals surface area (Å²) in [6.45, 7) is 7.10. The molecule has 5 N–H and O–H groups in total. The van der Waals surface area contributed by atoms with Gasteiger partial charge in [-0.1, -0.05) is 62.7 Å². The van der Waals surface area contributed by atoms with Crippen LogP contribution in [0.15, 0.2) is 47.1 Å². The lowest BCUT2D eigenvalue weighted by atomic mass is 9.85. The Labute approximate surface area is 256 Å². The van der Waals surface area contributed by atoms with Crippen LogP contribution in [0.1, 0.15) is 81.6 Å². The number of nitrogens with zero attached hydrogens (tertiary/aromatic N) is 4. The Hall–Kier alpha value is -4.51. The van der Waals surface area contributed by atoms with Crippen molar-refractivity contribution in [1.29, 1.82) is 0 Å². The van der Waals surface area contributed by atoms with Crippen molar-refractivity contribution in [1.82, 2.24) is 30.2 Å². The van der Waals surface area contributed by atoms with Crippen LogP contribution in [0, 0.1) is 0 Å². The first-order chi connectivity index (χ1) is 21.2. The molecule has 2 aliphatic rings. The van der Waals surface area contributed by atoms with E-state index < -0.39 is 0 Å². The fraction of sp³-hybridized carbons (Fsp3) is 0.424. The second-order valence-electron chi connectivity index (χ2n) is 12.8. The molecule has 11 heteroatoms. The number of nitrogen functional groups attached to an aromatic ring is 1. The zero-order valence-electron chi connectivity index (χ0n) is 25.5. The van der Waals surface area contributed by atoms with Crippen molar-refractivity contribution < 1.29 is 14.1 Å². The van der Waals surface area contributed by atoms with Crippen LogP contribution in [0.4, 0.5) is 11.6 Å². The number of aromatic nitrogens is 4. The molecule has 0 radical (unpaired) electrons. The second-order valence-corrected chi connectivity index (χ2v) is 12.8.